The highest BCUT2D eigenvalue weighted by Crippen LogP contribution is 2.31. The summed E-state index contributed by atoms with van der Waals surface area (Å²) in [6.45, 7) is 5.34. The summed E-state index contributed by atoms with van der Waals surface area (Å²) in [6, 6.07) is 0. The molecular weight excluding hydrogens is 312 g/mol. The fourth-order valence-electron chi connectivity index (χ4n) is 3.20. The molecule has 0 N–H and O–H groups in total. The molecule has 3 heterocycles. The molecular formula is C16H22N4O2S. The highest BCUT2D eigenvalue weighted by atomic mass is 32.1. The van der Waals surface area contributed by atoms with Crippen molar-refractivity contribution in [1.82, 2.24) is 19.7 Å². The summed E-state index contributed by atoms with van der Waals surface area (Å²) in [4.78, 5) is 19.5. The van der Waals surface area contributed by atoms with E-state index in [4.69, 9.17) is 4.74 Å². The summed E-state index contributed by atoms with van der Waals surface area (Å²) >= 11 is 1.69. The number of likely N-dealkylation sites (tertiary alicyclic amines) is 1. The third-order valence-corrected chi connectivity index (χ3v) is 5.40. The summed E-state index contributed by atoms with van der Waals surface area (Å²) < 4.78 is 6.99. The van der Waals surface area contributed by atoms with Gasteiger partial charge in [0.1, 0.15) is 5.56 Å². The molecule has 0 saturated carbocycles. The van der Waals surface area contributed by atoms with Gasteiger partial charge in [-0.25, -0.2) is 9.67 Å². The van der Waals surface area contributed by atoms with Crippen LogP contribution in [0.4, 0.5) is 0 Å². The summed E-state index contributed by atoms with van der Waals surface area (Å²) in [7, 11) is 3.37. The molecule has 1 aliphatic heterocycles. The molecule has 1 fully saturated rings. The monoisotopic (exact) mass is 334 g/mol. The van der Waals surface area contributed by atoms with Gasteiger partial charge in [0.15, 0.2) is 0 Å². The maximum atomic E-state index is 13.0. The smallest absolute Gasteiger partial charge is 0.261 e. The van der Waals surface area contributed by atoms with Gasteiger partial charge in [0.05, 0.1) is 17.8 Å². The van der Waals surface area contributed by atoms with Crippen LogP contribution in [-0.4, -0.2) is 45.8 Å². The molecule has 0 radical (unpaired) electrons. The standard InChI is InChI=1S/C16H22N4O2S/c1-10-9-23-14(17-10)12-6-5-7-20(8-12)15(21)13-11(2)18-19(3)16(13)22-4/h9,12H,5-8H2,1-4H3/t12-/m0/s1. The molecule has 0 aromatic carbocycles. The summed E-state index contributed by atoms with van der Waals surface area (Å²) in [6.07, 6.45) is 2.08. The second-order valence-electron chi connectivity index (χ2n) is 6.01. The SMILES string of the molecule is COc1c(C(=O)N2CCC[C@H](c3nc(C)cs3)C2)c(C)nn1C. The minimum absolute atomic E-state index is 0.00503. The van der Waals surface area contributed by atoms with E-state index in [1.807, 2.05) is 18.7 Å². The van der Waals surface area contributed by atoms with Crippen LogP contribution in [0.25, 0.3) is 0 Å². The number of hydrogen-bond donors (Lipinski definition) is 0. The predicted molar refractivity (Wildman–Crippen MR) is 89.2 cm³/mol. The lowest BCUT2D eigenvalue weighted by Gasteiger charge is -2.31. The van der Waals surface area contributed by atoms with Gasteiger partial charge in [0.2, 0.25) is 5.88 Å². The molecule has 2 aromatic rings. The average Bonchev–Trinajstić information content (AvgIpc) is 3.09. The Morgan fingerprint density at radius 3 is 2.87 bits per heavy atom. The van der Waals surface area contributed by atoms with Crippen LogP contribution in [-0.2, 0) is 7.05 Å². The van der Waals surface area contributed by atoms with E-state index in [0.29, 0.717) is 29.6 Å². The van der Waals surface area contributed by atoms with Crippen LogP contribution < -0.4 is 4.74 Å². The van der Waals surface area contributed by atoms with Crippen molar-refractivity contribution in [1.29, 1.82) is 0 Å². The number of carbonyl (C=O) groups is 1. The third-order valence-electron chi connectivity index (χ3n) is 4.27. The third kappa shape index (κ3) is 2.97. The van der Waals surface area contributed by atoms with Crippen molar-refractivity contribution in [3.8, 4) is 5.88 Å². The Morgan fingerprint density at radius 2 is 2.22 bits per heavy atom. The van der Waals surface area contributed by atoms with Crippen molar-refractivity contribution < 1.29 is 9.53 Å². The van der Waals surface area contributed by atoms with Crippen molar-refractivity contribution in [2.75, 3.05) is 20.2 Å². The molecule has 0 spiro atoms. The Labute approximate surface area is 140 Å². The highest BCUT2D eigenvalue weighted by Gasteiger charge is 2.31. The maximum absolute atomic E-state index is 13.0. The number of thiazole rings is 1. The van der Waals surface area contributed by atoms with Crippen LogP contribution in [0.3, 0.4) is 0 Å². The van der Waals surface area contributed by atoms with Crippen molar-refractivity contribution in [3.63, 3.8) is 0 Å². The highest BCUT2D eigenvalue weighted by molar-refractivity contribution is 7.09. The molecule has 1 aliphatic rings. The molecule has 7 heteroatoms. The Bertz CT molecular complexity index is 722. The molecule has 0 aliphatic carbocycles. The molecule has 0 unspecified atom stereocenters. The summed E-state index contributed by atoms with van der Waals surface area (Å²) in [5, 5.41) is 7.52. The summed E-state index contributed by atoms with van der Waals surface area (Å²) in [5.41, 5.74) is 2.34. The van der Waals surface area contributed by atoms with E-state index in [2.05, 4.69) is 15.5 Å². The molecule has 3 rings (SSSR count). The maximum Gasteiger partial charge on any atom is 0.261 e. The zero-order valence-electron chi connectivity index (χ0n) is 14.0. The fraction of sp³-hybridized carbons (Fsp3) is 0.562. The zero-order valence-corrected chi connectivity index (χ0v) is 14.8. The molecule has 2 aromatic heterocycles. The Balaban J connectivity index is 1.82. The fourth-order valence-corrected chi connectivity index (χ4v) is 4.12. The predicted octanol–water partition coefficient (Wildman–Crippen LogP) is 2.52. The molecule has 6 nitrogen and oxygen atoms in total. The van der Waals surface area contributed by atoms with Gasteiger partial charge in [0, 0.05) is 37.1 Å². The number of nitrogens with zero attached hydrogens (tertiary/aromatic N) is 4. The molecule has 1 amide bonds. The number of piperidine rings is 1. The topological polar surface area (TPSA) is 60.2 Å². The van der Waals surface area contributed by atoms with E-state index in [9.17, 15) is 4.79 Å². The lowest BCUT2D eigenvalue weighted by Crippen LogP contribution is -2.39. The van der Waals surface area contributed by atoms with Crippen LogP contribution in [0.15, 0.2) is 5.38 Å². The number of aryl methyl sites for hydroxylation is 3. The lowest BCUT2D eigenvalue weighted by molar-refractivity contribution is 0.0702. The molecule has 0 bridgehead atoms. The first-order chi connectivity index (χ1) is 11.0. The van der Waals surface area contributed by atoms with Crippen molar-refractivity contribution in [2.24, 2.45) is 7.05 Å². The largest absolute Gasteiger partial charge is 0.481 e. The molecule has 124 valence electrons. The quantitative estimate of drug-likeness (QED) is 0.865. The van der Waals surface area contributed by atoms with Crippen LogP contribution in [0, 0.1) is 13.8 Å². The number of carbonyl (C=O) groups excluding carboxylic acids is 1. The summed E-state index contributed by atoms with van der Waals surface area (Å²) in [5.74, 6) is 0.861. The van der Waals surface area contributed by atoms with Gasteiger partial charge < -0.3 is 9.64 Å². The lowest BCUT2D eigenvalue weighted by atomic mass is 9.98. The minimum atomic E-state index is 0.00503. The number of amides is 1. The van der Waals surface area contributed by atoms with E-state index in [0.717, 1.165) is 30.1 Å². The van der Waals surface area contributed by atoms with E-state index in [1.165, 1.54) is 0 Å². The second-order valence-corrected chi connectivity index (χ2v) is 6.90. The molecule has 1 atom stereocenters. The van der Waals surface area contributed by atoms with Crippen LogP contribution in [0.2, 0.25) is 0 Å². The number of hydrogen-bond acceptors (Lipinski definition) is 5. The van der Waals surface area contributed by atoms with Gasteiger partial charge in [-0.1, -0.05) is 0 Å². The molecule has 1 saturated heterocycles. The van der Waals surface area contributed by atoms with E-state index in [1.54, 1.807) is 30.2 Å². The van der Waals surface area contributed by atoms with Crippen molar-refractivity contribution >= 4 is 17.2 Å². The first-order valence-electron chi connectivity index (χ1n) is 7.80. The van der Waals surface area contributed by atoms with Gasteiger partial charge in [-0.05, 0) is 26.7 Å². The number of aromatic nitrogens is 3. The number of methoxy groups -OCH3 is 1. The van der Waals surface area contributed by atoms with Gasteiger partial charge in [-0.15, -0.1) is 11.3 Å². The van der Waals surface area contributed by atoms with E-state index in [-0.39, 0.29) is 5.91 Å². The Hall–Kier alpha value is -1.89. The zero-order chi connectivity index (χ0) is 16.6. The first kappa shape index (κ1) is 16.0. The second kappa shape index (κ2) is 6.31. The Kier molecular flexibility index (Phi) is 4.39. The van der Waals surface area contributed by atoms with E-state index < -0.39 is 0 Å². The van der Waals surface area contributed by atoms with Gasteiger partial charge in [-0.2, -0.15) is 5.10 Å². The van der Waals surface area contributed by atoms with Crippen molar-refractivity contribution in [3.05, 3.63) is 27.3 Å². The minimum Gasteiger partial charge on any atom is -0.481 e. The first-order valence-corrected chi connectivity index (χ1v) is 8.68. The molecule has 23 heavy (non-hydrogen) atoms. The van der Waals surface area contributed by atoms with Crippen LogP contribution in [0.5, 0.6) is 5.88 Å². The Morgan fingerprint density at radius 1 is 1.43 bits per heavy atom. The van der Waals surface area contributed by atoms with Crippen molar-refractivity contribution in [2.45, 2.75) is 32.6 Å². The normalized spacial score (nSPS) is 18.3. The van der Waals surface area contributed by atoms with Gasteiger partial charge in [-0.3, -0.25) is 4.79 Å². The number of rotatable bonds is 3. The van der Waals surface area contributed by atoms with Crippen LogP contribution in [0.1, 0.15) is 45.5 Å². The van der Waals surface area contributed by atoms with Gasteiger partial charge >= 0.3 is 0 Å². The van der Waals surface area contributed by atoms with Gasteiger partial charge in [0.25, 0.3) is 5.91 Å². The van der Waals surface area contributed by atoms with E-state index >= 15 is 0 Å². The van der Waals surface area contributed by atoms with Crippen LogP contribution >= 0.6 is 11.3 Å². The number of ether oxygens (including phenoxy) is 1. The average molecular weight is 334 g/mol.